The molecule has 6 nitrogen and oxygen atoms in total. The van der Waals surface area contributed by atoms with Crippen molar-refractivity contribution < 1.29 is 22.1 Å². The molecule has 1 aliphatic rings. The van der Waals surface area contributed by atoms with Crippen molar-refractivity contribution in [1.82, 2.24) is 9.97 Å². The number of halogens is 3. The third-order valence-electron chi connectivity index (χ3n) is 4.96. The molecular weight excluding hydrogens is 429 g/mol. The van der Waals surface area contributed by atoms with Crippen LogP contribution in [0, 0.1) is 22.2 Å². The van der Waals surface area contributed by atoms with Gasteiger partial charge >= 0.3 is 0 Å². The number of benzene rings is 2. The largest absolute Gasteiger partial charge is 0.496 e. The minimum atomic E-state index is -2.91. The summed E-state index contributed by atoms with van der Waals surface area (Å²) in [7, 11) is -1.60. The van der Waals surface area contributed by atoms with Crippen LogP contribution in [0.1, 0.15) is 18.4 Å². The van der Waals surface area contributed by atoms with Gasteiger partial charge in [0, 0.05) is 22.4 Å². The molecule has 0 saturated heterocycles. The van der Waals surface area contributed by atoms with Gasteiger partial charge in [-0.2, -0.15) is 0 Å². The second-order valence-electron chi connectivity index (χ2n) is 7.36. The number of nitrogens with two attached hydrogens (primary N) is 1. The lowest BCUT2D eigenvalue weighted by Gasteiger charge is -2.13. The molecule has 1 atom stereocenters. The monoisotopic (exact) mass is 448 g/mol. The molecular formula is C21H19F3N4O2S. The Balaban J connectivity index is 1.83. The zero-order valence-corrected chi connectivity index (χ0v) is 17.3. The van der Waals surface area contributed by atoms with Gasteiger partial charge in [-0.25, -0.2) is 27.3 Å². The van der Waals surface area contributed by atoms with Crippen LogP contribution in [0.25, 0.3) is 22.5 Å². The molecule has 0 amide bonds. The highest BCUT2D eigenvalue weighted by atomic mass is 32.2. The summed E-state index contributed by atoms with van der Waals surface area (Å²) >= 11 is 0. The molecule has 2 aromatic carbocycles. The normalized spacial score (nSPS) is 15.5. The first-order valence-corrected chi connectivity index (χ1v) is 11.2. The van der Waals surface area contributed by atoms with Crippen LogP contribution in [0.15, 0.2) is 36.4 Å². The van der Waals surface area contributed by atoms with Crippen molar-refractivity contribution in [3.05, 3.63) is 59.4 Å². The van der Waals surface area contributed by atoms with Crippen LogP contribution in [-0.2, 0) is 15.5 Å². The summed E-state index contributed by atoms with van der Waals surface area (Å²) in [4.78, 5) is 7.84. The maximum atomic E-state index is 15.4. The van der Waals surface area contributed by atoms with Crippen molar-refractivity contribution in [2.24, 2.45) is 0 Å². The lowest BCUT2D eigenvalue weighted by molar-refractivity contribution is 0.412. The van der Waals surface area contributed by atoms with E-state index < -0.39 is 27.2 Å². The van der Waals surface area contributed by atoms with Crippen molar-refractivity contribution in [1.29, 1.82) is 4.78 Å². The molecule has 4 rings (SSSR count). The van der Waals surface area contributed by atoms with Crippen molar-refractivity contribution in [2.75, 3.05) is 12.8 Å². The van der Waals surface area contributed by atoms with E-state index in [4.69, 9.17) is 15.3 Å². The summed E-state index contributed by atoms with van der Waals surface area (Å²) in [5.41, 5.74) is 5.80. The molecule has 1 unspecified atom stereocenters. The van der Waals surface area contributed by atoms with Crippen LogP contribution in [-0.4, -0.2) is 26.5 Å². The maximum Gasteiger partial charge on any atom is 0.221 e. The Hall–Kier alpha value is -3.14. The first-order valence-electron chi connectivity index (χ1n) is 9.40. The molecule has 0 radical (unpaired) electrons. The number of nitrogens with one attached hydrogen (secondary N) is 1. The van der Waals surface area contributed by atoms with E-state index in [-0.39, 0.29) is 45.2 Å². The molecule has 1 aromatic heterocycles. The van der Waals surface area contributed by atoms with Crippen molar-refractivity contribution >= 4 is 15.7 Å². The predicted octanol–water partition coefficient (Wildman–Crippen LogP) is 4.53. The Bertz CT molecular complexity index is 1280. The molecule has 31 heavy (non-hydrogen) atoms. The summed E-state index contributed by atoms with van der Waals surface area (Å²) in [6.45, 7) is 0. The van der Waals surface area contributed by atoms with E-state index in [9.17, 15) is 13.0 Å². The average molecular weight is 448 g/mol. The number of rotatable bonds is 6. The van der Waals surface area contributed by atoms with Gasteiger partial charge in [-0.05, 0) is 48.7 Å². The van der Waals surface area contributed by atoms with E-state index in [0.717, 1.165) is 18.2 Å². The lowest BCUT2D eigenvalue weighted by atomic mass is 10.0. The molecule has 0 bridgehead atoms. The quantitative estimate of drug-likeness (QED) is 0.577. The summed E-state index contributed by atoms with van der Waals surface area (Å²) in [5, 5.41) is -0.191. The van der Waals surface area contributed by atoms with Gasteiger partial charge in [0.15, 0.2) is 5.82 Å². The Morgan fingerprint density at radius 3 is 2.48 bits per heavy atom. The molecule has 10 heteroatoms. The lowest BCUT2D eigenvalue weighted by Crippen LogP contribution is -2.09. The van der Waals surface area contributed by atoms with E-state index in [1.54, 1.807) is 0 Å². The molecule has 3 N–H and O–H groups in total. The van der Waals surface area contributed by atoms with Gasteiger partial charge in [0.25, 0.3) is 0 Å². The number of methoxy groups -OCH3 is 1. The Kier molecular flexibility index (Phi) is 5.34. The Labute approximate surface area is 177 Å². The summed E-state index contributed by atoms with van der Waals surface area (Å²) in [5.74, 6) is -2.52. The number of aromatic nitrogens is 2. The number of hydrogen-bond acceptors (Lipinski definition) is 6. The SMILES string of the molecule is COc1cc(F)ccc1-c1nc(N)nc(-c2cc(F)cc(CS(=N)(=O)C3CC3)c2)c1F. The summed E-state index contributed by atoms with van der Waals surface area (Å²) in [6.07, 6.45) is 1.43. The highest BCUT2D eigenvalue weighted by molar-refractivity contribution is 7.92. The van der Waals surface area contributed by atoms with E-state index in [0.29, 0.717) is 18.4 Å². The molecule has 0 aliphatic heterocycles. The third kappa shape index (κ3) is 4.34. The molecule has 1 aliphatic carbocycles. The van der Waals surface area contributed by atoms with Gasteiger partial charge < -0.3 is 10.5 Å². The highest BCUT2D eigenvalue weighted by Gasteiger charge is 2.32. The zero-order chi connectivity index (χ0) is 22.3. The standard InChI is InChI=1S/C21H19F3N4O2S/c1-30-17-9-13(22)2-5-16(17)20-18(24)19(27-21(25)28-20)12-6-11(7-14(23)8-12)10-31(26,29)15-3-4-15/h2,5-9,15,26H,3-4,10H2,1H3,(H2,25,27,28). The third-order valence-corrected chi connectivity index (χ3v) is 7.27. The first kappa shape index (κ1) is 21.1. The second kappa shape index (κ2) is 7.84. The highest BCUT2D eigenvalue weighted by Crippen LogP contribution is 2.36. The van der Waals surface area contributed by atoms with Crippen LogP contribution in [0.2, 0.25) is 0 Å². The molecule has 3 aromatic rings. The van der Waals surface area contributed by atoms with Gasteiger partial charge in [0.2, 0.25) is 5.95 Å². The van der Waals surface area contributed by atoms with Crippen LogP contribution in [0.4, 0.5) is 19.1 Å². The zero-order valence-electron chi connectivity index (χ0n) is 16.5. The van der Waals surface area contributed by atoms with Gasteiger partial charge in [-0.3, -0.25) is 4.78 Å². The minimum absolute atomic E-state index is 0.0428. The number of nitrogens with zero attached hydrogens (tertiary/aromatic N) is 2. The number of nitrogen functional groups attached to an aromatic ring is 1. The summed E-state index contributed by atoms with van der Waals surface area (Å²) < 4.78 is 69.0. The topological polar surface area (TPSA) is 102 Å². The van der Waals surface area contributed by atoms with Crippen LogP contribution in [0.3, 0.4) is 0 Å². The maximum absolute atomic E-state index is 15.4. The van der Waals surface area contributed by atoms with Gasteiger partial charge in [0.1, 0.15) is 28.8 Å². The number of hydrogen-bond donors (Lipinski definition) is 2. The predicted molar refractivity (Wildman–Crippen MR) is 111 cm³/mol. The molecule has 0 spiro atoms. The Morgan fingerprint density at radius 1 is 1.10 bits per heavy atom. The van der Waals surface area contributed by atoms with E-state index >= 15 is 4.39 Å². The fraction of sp³-hybridized carbons (Fsp3) is 0.238. The van der Waals surface area contributed by atoms with Crippen LogP contribution >= 0.6 is 0 Å². The fourth-order valence-corrected chi connectivity index (χ4v) is 5.17. The molecule has 1 heterocycles. The minimum Gasteiger partial charge on any atom is -0.496 e. The van der Waals surface area contributed by atoms with Gasteiger partial charge in [-0.1, -0.05) is 0 Å². The molecule has 162 valence electrons. The van der Waals surface area contributed by atoms with E-state index in [1.165, 1.54) is 25.3 Å². The van der Waals surface area contributed by atoms with Crippen LogP contribution in [0.5, 0.6) is 5.75 Å². The fourth-order valence-electron chi connectivity index (χ4n) is 3.38. The van der Waals surface area contributed by atoms with Crippen LogP contribution < -0.4 is 10.5 Å². The first-order chi connectivity index (χ1) is 14.7. The van der Waals surface area contributed by atoms with Gasteiger partial charge in [0.05, 0.1) is 22.6 Å². The number of ether oxygens (including phenoxy) is 1. The summed E-state index contributed by atoms with van der Waals surface area (Å²) in [6, 6.07) is 7.18. The Morgan fingerprint density at radius 2 is 1.81 bits per heavy atom. The van der Waals surface area contributed by atoms with Crippen molar-refractivity contribution in [2.45, 2.75) is 23.8 Å². The molecule has 1 saturated carbocycles. The second-order valence-corrected chi connectivity index (χ2v) is 9.76. The smallest absolute Gasteiger partial charge is 0.221 e. The van der Waals surface area contributed by atoms with Gasteiger partial charge in [-0.15, -0.1) is 0 Å². The average Bonchev–Trinajstić information content (AvgIpc) is 3.54. The number of anilines is 1. The van der Waals surface area contributed by atoms with E-state index in [1.807, 2.05) is 0 Å². The van der Waals surface area contributed by atoms with Crippen molar-refractivity contribution in [3.63, 3.8) is 0 Å². The molecule has 1 fully saturated rings. The van der Waals surface area contributed by atoms with E-state index in [2.05, 4.69) is 9.97 Å². The van der Waals surface area contributed by atoms with Crippen molar-refractivity contribution in [3.8, 4) is 28.3 Å².